The predicted octanol–water partition coefficient (Wildman–Crippen LogP) is 3.74. The second-order valence-electron chi connectivity index (χ2n) is 6.06. The lowest BCUT2D eigenvalue weighted by Crippen LogP contribution is -2.46. The number of benzene rings is 1. The Hall–Kier alpha value is -1.51. The minimum atomic E-state index is -0.0573. The van der Waals surface area contributed by atoms with Crippen molar-refractivity contribution in [3.05, 3.63) is 29.8 Å². The lowest BCUT2D eigenvalue weighted by Gasteiger charge is -2.44. The highest BCUT2D eigenvalue weighted by molar-refractivity contribution is 5.76. The third kappa shape index (κ3) is 2.54. The van der Waals surface area contributed by atoms with Gasteiger partial charge in [-0.1, -0.05) is 31.5 Å². The molecule has 1 amide bonds. The summed E-state index contributed by atoms with van der Waals surface area (Å²) in [6.45, 7) is 1.90. The summed E-state index contributed by atoms with van der Waals surface area (Å²) in [7, 11) is 0. The van der Waals surface area contributed by atoms with Crippen LogP contribution in [0.1, 0.15) is 63.5 Å². The second-order valence-corrected chi connectivity index (χ2v) is 6.06. The molecule has 1 fully saturated rings. The largest absolute Gasteiger partial charge is 0.487 e. The van der Waals surface area contributed by atoms with Gasteiger partial charge >= 0.3 is 0 Å². The molecule has 3 nitrogen and oxygen atoms in total. The van der Waals surface area contributed by atoms with E-state index in [-0.39, 0.29) is 17.6 Å². The number of ether oxygens (including phenoxy) is 1. The smallest absolute Gasteiger partial charge is 0.220 e. The van der Waals surface area contributed by atoms with Gasteiger partial charge in [0, 0.05) is 18.4 Å². The van der Waals surface area contributed by atoms with Crippen molar-refractivity contribution in [1.29, 1.82) is 0 Å². The molecule has 2 aliphatic rings. The van der Waals surface area contributed by atoms with Crippen LogP contribution < -0.4 is 10.1 Å². The monoisotopic (exact) mass is 273 g/mol. The summed E-state index contributed by atoms with van der Waals surface area (Å²) in [5.41, 5.74) is 1.07. The van der Waals surface area contributed by atoms with E-state index in [1.807, 2.05) is 25.1 Å². The van der Waals surface area contributed by atoms with Crippen LogP contribution in [-0.4, -0.2) is 11.5 Å². The Kier molecular flexibility index (Phi) is 3.68. The van der Waals surface area contributed by atoms with Gasteiger partial charge in [-0.3, -0.25) is 4.79 Å². The summed E-state index contributed by atoms with van der Waals surface area (Å²) in [5.74, 6) is 1.08. The Morgan fingerprint density at radius 1 is 1.30 bits per heavy atom. The number of carbonyl (C=O) groups is 1. The number of fused-ring (bicyclic) bond motifs is 1. The van der Waals surface area contributed by atoms with Crippen LogP contribution in [0.5, 0.6) is 5.75 Å². The van der Waals surface area contributed by atoms with Gasteiger partial charge in [-0.15, -0.1) is 0 Å². The van der Waals surface area contributed by atoms with Gasteiger partial charge in [-0.25, -0.2) is 0 Å². The fraction of sp³-hybridized carbons (Fsp3) is 0.588. The van der Waals surface area contributed by atoms with Crippen molar-refractivity contribution in [2.45, 2.75) is 63.5 Å². The average Bonchev–Trinajstić information content (AvgIpc) is 2.48. The van der Waals surface area contributed by atoms with Gasteiger partial charge in [0.2, 0.25) is 5.91 Å². The van der Waals surface area contributed by atoms with Crippen molar-refractivity contribution in [2.75, 3.05) is 0 Å². The van der Waals surface area contributed by atoms with Gasteiger partial charge in [-0.05, 0) is 31.7 Å². The summed E-state index contributed by atoms with van der Waals surface area (Å²) in [5, 5.41) is 3.18. The Morgan fingerprint density at radius 2 is 2.05 bits per heavy atom. The number of hydrogen-bond acceptors (Lipinski definition) is 2. The fourth-order valence-electron chi connectivity index (χ4n) is 3.55. The zero-order chi connectivity index (χ0) is 14.0. The summed E-state index contributed by atoms with van der Waals surface area (Å²) < 4.78 is 6.35. The summed E-state index contributed by atoms with van der Waals surface area (Å²) in [6.07, 6.45) is 7.44. The molecule has 1 heterocycles. The van der Waals surface area contributed by atoms with Crippen LogP contribution in [0.15, 0.2) is 24.3 Å². The zero-order valence-corrected chi connectivity index (χ0v) is 12.2. The van der Waals surface area contributed by atoms with Crippen LogP contribution in [0.3, 0.4) is 0 Å². The van der Waals surface area contributed by atoms with Crippen molar-refractivity contribution < 1.29 is 9.53 Å². The van der Waals surface area contributed by atoms with Crippen LogP contribution >= 0.6 is 0 Å². The average molecular weight is 273 g/mol. The molecular formula is C17H23NO2. The van der Waals surface area contributed by atoms with Crippen molar-refractivity contribution in [2.24, 2.45) is 0 Å². The quantitative estimate of drug-likeness (QED) is 0.891. The highest BCUT2D eigenvalue weighted by Crippen LogP contribution is 2.45. The highest BCUT2D eigenvalue weighted by Gasteiger charge is 2.41. The van der Waals surface area contributed by atoms with Gasteiger partial charge in [0.05, 0.1) is 6.04 Å². The number of hydrogen-bond donors (Lipinski definition) is 1. The van der Waals surface area contributed by atoms with E-state index in [1.165, 1.54) is 19.3 Å². The Bertz CT molecular complexity index is 492. The molecule has 1 saturated carbocycles. The molecule has 0 radical (unpaired) electrons. The molecule has 20 heavy (non-hydrogen) atoms. The summed E-state index contributed by atoms with van der Waals surface area (Å²) in [6, 6.07) is 8.25. The standard InChI is InChI=1S/C17H23NO2/c1-2-16(19)18-14-12-17(10-6-3-7-11-17)20-15-9-5-4-8-13(14)15/h4-5,8-9,14H,2-3,6-7,10-12H2,1H3,(H,18,19)/t14-/m1/s1. The van der Waals surface area contributed by atoms with Gasteiger partial charge in [-0.2, -0.15) is 0 Å². The van der Waals surface area contributed by atoms with E-state index in [2.05, 4.69) is 11.4 Å². The van der Waals surface area contributed by atoms with Crippen molar-refractivity contribution >= 4 is 5.91 Å². The third-order valence-electron chi connectivity index (χ3n) is 4.62. The lowest BCUT2D eigenvalue weighted by atomic mass is 9.77. The van der Waals surface area contributed by atoms with E-state index >= 15 is 0 Å². The highest BCUT2D eigenvalue weighted by atomic mass is 16.5. The number of carbonyl (C=O) groups excluding carboxylic acids is 1. The maximum atomic E-state index is 11.8. The first kappa shape index (κ1) is 13.5. The number of nitrogens with one attached hydrogen (secondary N) is 1. The van der Waals surface area contributed by atoms with Crippen LogP contribution in [0.25, 0.3) is 0 Å². The van der Waals surface area contributed by atoms with Gasteiger partial charge in [0.15, 0.2) is 0 Å². The Labute approximate surface area is 120 Å². The maximum Gasteiger partial charge on any atom is 0.220 e. The minimum Gasteiger partial charge on any atom is -0.487 e. The van der Waals surface area contributed by atoms with Crippen LogP contribution in [-0.2, 0) is 4.79 Å². The van der Waals surface area contributed by atoms with E-state index in [0.717, 1.165) is 30.6 Å². The van der Waals surface area contributed by atoms with Gasteiger partial charge < -0.3 is 10.1 Å². The molecule has 108 valence electrons. The van der Waals surface area contributed by atoms with E-state index in [1.54, 1.807) is 0 Å². The normalized spacial score (nSPS) is 23.8. The van der Waals surface area contributed by atoms with Crippen molar-refractivity contribution in [3.8, 4) is 5.75 Å². The third-order valence-corrected chi connectivity index (χ3v) is 4.62. The molecule has 0 aromatic heterocycles. The number of amides is 1. The molecule has 3 rings (SSSR count). The maximum absolute atomic E-state index is 11.8. The van der Waals surface area contributed by atoms with Crippen LogP contribution in [0.2, 0.25) is 0 Å². The number of para-hydroxylation sites is 1. The van der Waals surface area contributed by atoms with Crippen molar-refractivity contribution in [3.63, 3.8) is 0 Å². The molecule has 0 saturated heterocycles. The second kappa shape index (κ2) is 5.47. The molecule has 1 aromatic rings. The zero-order valence-electron chi connectivity index (χ0n) is 12.2. The molecule has 0 unspecified atom stereocenters. The van der Waals surface area contributed by atoms with Gasteiger partial charge in [0.1, 0.15) is 11.4 Å². The minimum absolute atomic E-state index is 0.0573. The van der Waals surface area contributed by atoms with E-state index in [9.17, 15) is 4.79 Å². The summed E-state index contributed by atoms with van der Waals surface area (Å²) >= 11 is 0. The van der Waals surface area contributed by atoms with E-state index in [0.29, 0.717) is 6.42 Å². The topological polar surface area (TPSA) is 38.3 Å². The molecule has 1 aromatic carbocycles. The Morgan fingerprint density at radius 3 is 2.80 bits per heavy atom. The lowest BCUT2D eigenvalue weighted by molar-refractivity contribution is -0.122. The molecule has 1 atom stereocenters. The van der Waals surface area contributed by atoms with Crippen molar-refractivity contribution in [1.82, 2.24) is 5.32 Å². The number of rotatable bonds is 2. The summed E-state index contributed by atoms with van der Waals surface area (Å²) in [4.78, 5) is 11.8. The molecule has 0 bridgehead atoms. The Balaban J connectivity index is 1.89. The molecule has 1 aliphatic carbocycles. The molecule has 1 N–H and O–H groups in total. The molecular weight excluding hydrogens is 250 g/mol. The molecule has 1 spiro atoms. The van der Waals surface area contributed by atoms with Crippen LogP contribution in [0, 0.1) is 0 Å². The van der Waals surface area contributed by atoms with E-state index < -0.39 is 0 Å². The first-order valence-corrected chi connectivity index (χ1v) is 7.80. The SMILES string of the molecule is CCC(=O)N[C@@H]1CC2(CCCCC2)Oc2ccccc21. The first-order valence-electron chi connectivity index (χ1n) is 7.80. The van der Waals surface area contributed by atoms with Crippen LogP contribution in [0.4, 0.5) is 0 Å². The molecule has 3 heteroatoms. The first-order chi connectivity index (χ1) is 9.72. The van der Waals surface area contributed by atoms with Gasteiger partial charge in [0.25, 0.3) is 0 Å². The fourth-order valence-corrected chi connectivity index (χ4v) is 3.55. The van der Waals surface area contributed by atoms with E-state index in [4.69, 9.17) is 4.74 Å². The molecule has 1 aliphatic heterocycles. The predicted molar refractivity (Wildman–Crippen MR) is 78.7 cm³/mol.